The van der Waals surface area contributed by atoms with Gasteiger partial charge in [-0.1, -0.05) is 0 Å². The normalized spacial score (nSPS) is 24.0. The Labute approximate surface area is 159 Å². The Balaban J connectivity index is 1.43. The molecule has 1 aromatic heterocycles. The second-order valence-electron chi connectivity index (χ2n) is 7.99. The monoisotopic (exact) mass is 370 g/mol. The van der Waals surface area contributed by atoms with E-state index in [9.17, 15) is 4.79 Å². The summed E-state index contributed by atoms with van der Waals surface area (Å²) in [6, 6.07) is 3.62. The largest absolute Gasteiger partial charge is 0.444 e. The van der Waals surface area contributed by atoms with Crippen molar-refractivity contribution in [3.63, 3.8) is 0 Å². The van der Waals surface area contributed by atoms with Gasteiger partial charge in [-0.2, -0.15) is 5.26 Å². The molecule has 2 aliphatic rings. The number of carbonyl (C=O) groups excluding carboxylic acids is 1. The standard InChI is InChI=1S/C19H26N6O2/c1-19(2,3)27-18(26)25-10-15-14(16(15)11-25)6-9-22-17(23-12-20)24-13-4-7-21-8-5-13/h4-5,7-8,14-16H,6,9-11H2,1-3H3,(H2,21,22,23,24)/t14?,15-,16?/m0/s1. The van der Waals surface area contributed by atoms with Gasteiger partial charge in [0.25, 0.3) is 0 Å². The number of pyridine rings is 1. The Morgan fingerprint density at radius 1 is 1.37 bits per heavy atom. The smallest absolute Gasteiger partial charge is 0.410 e. The van der Waals surface area contributed by atoms with Gasteiger partial charge < -0.3 is 15.0 Å². The second kappa shape index (κ2) is 7.82. The van der Waals surface area contributed by atoms with E-state index in [4.69, 9.17) is 10.00 Å². The highest BCUT2D eigenvalue weighted by molar-refractivity contribution is 5.94. The number of hydrogen-bond acceptors (Lipinski definition) is 5. The Kier molecular flexibility index (Phi) is 5.49. The number of aromatic nitrogens is 1. The molecule has 1 aliphatic heterocycles. The summed E-state index contributed by atoms with van der Waals surface area (Å²) in [6.07, 6.45) is 5.99. The van der Waals surface area contributed by atoms with E-state index in [-0.39, 0.29) is 6.09 Å². The molecule has 1 saturated heterocycles. The number of aliphatic imine (C=N–C) groups is 1. The molecule has 27 heavy (non-hydrogen) atoms. The average molecular weight is 370 g/mol. The van der Waals surface area contributed by atoms with E-state index in [1.165, 1.54) is 0 Å². The number of nitrogens with one attached hydrogen (secondary N) is 2. The molecule has 3 rings (SSSR count). The van der Waals surface area contributed by atoms with Crippen LogP contribution in [-0.2, 0) is 4.74 Å². The van der Waals surface area contributed by atoms with Crippen LogP contribution in [0.2, 0.25) is 0 Å². The number of likely N-dealkylation sites (tertiary alicyclic amines) is 1. The van der Waals surface area contributed by atoms with Crippen molar-refractivity contribution < 1.29 is 9.53 Å². The van der Waals surface area contributed by atoms with Crippen molar-refractivity contribution >= 4 is 17.7 Å². The van der Waals surface area contributed by atoms with Crippen LogP contribution in [0.4, 0.5) is 10.5 Å². The molecule has 1 amide bonds. The number of piperidine rings is 1. The summed E-state index contributed by atoms with van der Waals surface area (Å²) >= 11 is 0. The van der Waals surface area contributed by atoms with E-state index < -0.39 is 5.60 Å². The summed E-state index contributed by atoms with van der Waals surface area (Å²) in [4.78, 5) is 22.4. The van der Waals surface area contributed by atoms with Crippen LogP contribution in [0.3, 0.4) is 0 Å². The summed E-state index contributed by atoms with van der Waals surface area (Å²) in [5, 5.41) is 14.5. The fourth-order valence-corrected chi connectivity index (χ4v) is 3.61. The highest BCUT2D eigenvalue weighted by atomic mass is 16.6. The molecule has 0 spiro atoms. The molecule has 0 bridgehead atoms. The van der Waals surface area contributed by atoms with E-state index in [1.807, 2.05) is 44.0 Å². The number of amides is 1. The van der Waals surface area contributed by atoms with E-state index in [0.29, 0.717) is 30.3 Å². The van der Waals surface area contributed by atoms with Gasteiger partial charge in [-0.15, -0.1) is 0 Å². The lowest BCUT2D eigenvalue weighted by Crippen LogP contribution is -2.37. The number of carbonyl (C=O) groups is 1. The molecule has 3 atom stereocenters. The van der Waals surface area contributed by atoms with Crippen molar-refractivity contribution in [3.05, 3.63) is 24.5 Å². The van der Waals surface area contributed by atoms with Gasteiger partial charge in [-0.25, -0.2) is 4.79 Å². The number of hydrogen-bond donors (Lipinski definition) is 2. The maximum Gasteiger partial charge on any atom is 0.410 e. The van der Waals surface area contributed by atoms with Crippen molar-refractivity contribution in [2.45, 2.75) is 32.8 Å². The topological polar surface area (TPSA) is 103 Å². The van der Waals surface area contributed by atoms with Gasteiger partial charge in [0.15, 0.2) is 6.19 Å². The predicted molar refractivity (Wildman–Crippen MR) is 102 cm³/mol. The van der Waals surface area contributed by atoms with Gasteiger partial charge in [0.2, 0.25) is 5.96 Å². The minimum atomic E-state index is -0.454. The zero-order valence-corrected chi connectivity index (χ0v) is 16.0. The third kappa shape index (κ3) is 5.09. The van der Waals surface area contributed by atoms with Gasteiger partial charge in [0.1, 0.15) is 5.60 Å². The Bertz CT molecular complexity index is 725. The average Bonchev–Trinajstić information content (AvgIpc) is 3.04. The fourth-order valence-electron chi connectivity index (χ4n) is 3.61. The number of guanidine groups is 1. The molecule has 1 saturated carbocycles. The number of anilines is 1. The number of fused-ring (bicyclic) bond motifs is 1. The van der Waals surface area contributed by atoms with Crippen molar-refractivity contribution in [1.29, 1.82) is 5.26 Å². The fraction of sp³-hybridized carbons (Fsp3) is 0.579. The molecular weight excluding hydrogens is 344 g/mol. The first-order chi connectivity index (χ1) is 12.9. The summed E-state index contributed by atoms with van der Waals surface area (Å²) in [5.41, 5.74) is 0.368. The third-order valence-electron chi connectivity index (χ3n) is 4.87. The van der Waals surface area contributed by atoms with Gasteiger partial charge in [0.05, 0.1) is 0 Å². The van der Waals surface area contributed by atoms with Crippen LogP contribution < -0.4 is 10.6 Å². The minimum absolute atomic E-state index is 0.214. The first-order valence-corrected chi connectivity index (χ1v) is 9.22. The minimum Gasteiger partial charge on any atom is -0.444 e. The van der Waals surface area contributed by atoms with Crippen LogP contribution in [0.5, 0.6) is 0 Å². The number of nitriles is 1. The van der Waals surface area contributed by atoms with Crippen molar-refractivity contribution in [3.8, 4) is 6.19 Å². The number of rotatable bonds is 4. The molecular formula is C19H26N6O2. The molecule has 0 radical (unpaired) electrons. The Morgan fingerprint density at radius 2 is 2.04 bits per heavy atom. The van der Waals surface area contributed by atoms with Gasteiger partial charge in [-0.3, -0.25) is 15.3 Å². The van der Waals surface area contributed by atoms with E-state index >= 15 is 0 Å². The maximum atomic E-state index is 12.1. The van der Waals surface area contributed by atoms with E-state index in [2.05, 4.69) is 20.6 Å². The summed E-state index contributed by atoms with van der Waals surface area (Å²) in [7, 11) is 0. The SMILES string of the molecule is CC(C)(C)OC(=O)N1CC2C(CCN=C(NC#N)Nc3ccncc3)[C@@H]2C1. The first-order valence-electron chi connectivity index (χ1n) is 9.22. The quantitative estimate of drug-likeness (QED) is 0.365. The summed E-state index contributed by atoms with van der Waals surface area (Å²) in [5.74, 6) is 2.13. The molecule has 2 fully saturated rings. The highest BCUT2D eigenvalue weighted by Crippen LogP contribution is 2.53. The second-order valence-corrected chi connectivity index (χ2v) is 7.99. The molecule has 8 nitrogen and oxygen atoms in total. The van der Waals surface area contributed by atoms with Crippen LogP contribution in [0, 0.1) is 29.2 Å². The molecule has 144 valence electrons. The molecule has 8 heteroatoms. The first kappa shape index (κ1) is 19.0. The lowest BCUT2D eigenvalue weighted by molar-refractivity contribution is 0.0265. The van der Waals surface area contributed by atoms with Gasteiger partial charge in [-0.05, 0) is 57.1 Å². The maximum absolute atomic E-state index is 12.1. The highest BCUT2D eigenvalue weighted by Gasteiger charge is 2.56. The van der Waals surface area contributed by atoms with Crippen LogP contribution in [0.1, 0.15) is 27.2 Å². The lowest BCUT2D eigenvalue weighted by Gasteiger charge is -2.25. The zero-order valence-electron chi connectivity index (χ0n) is 16.0. The van der Waals surface area contributed by atoms with Crippen molar-refractivity contribution in [1.82, 2.24) is 15.2 Å². The Morgan fingerprint density at radius 3 is 2.63 bits per heavy atom. The van der Waals surface area contributed by atoms with Crippen LogP contribution in [0.25, 0.3) is 0 Å². The number of ether oxygens (including phenoxy) is 1. The lowest BCUT2D eigenvalue weighted by atomic mass is 10.2. The van der Waals surface area contributed by atoms with Gasteiger partial charge in [0, 0.05) is 37.7 Å². The zero-order chi connectivity index (χ0) is 19.4. The molecule has 1 aromatic rings. The van der Waals surface area contributed by atoms with Crippen LogP contribution >= 0.6 is 0 Å². The van der Waals surface area contributed by atoms with Crippen LogP contribution in [-0.4, -0.2) is 47.2 Å². The molecule has 2 heterocycles. The molecule has 1 aliphatic carbocycles. The van der Waals surface area contributed by atoms with Gasteiger partial charge >= 0.3 is 6.09 Å². The molecule has 2 N–H and O–H groups in total. The summed E-state index contributed by atoms with van der Waals surface area (Å²) in [6.45, 7) is 7.82. The number of nitrogens with zero attached hydrogens (tertiary/aromatic N) is 4. The third-order valence-corrected chi connectivity index (χ3v) is 4.87. The predicted octanol–water partition coefficient (Wildman–Crippen LogP) is 2.42. The van der Waals surface area contributed by atoms with E-state index in [1.54, 1.807) is 12.4 Å². The molecule has 0 aromatic carbocycles. The summed E-state index contributed by atoms with van der Waals surface area (Å²) < 4.78 is 5.44. The van der Waals surface area contributed by atoms with Crippen molar-refractivity contribution in [2.24, 2.45) is 22.7 Å². The van der Waals surface area contributed by atoms with Crippen LogP contribution in [0.15, 0.2) is 29.5 Å². The molecule has 2 unspecified atom stereocenters. The van der Waals surface area contributed by atoms with Crippen molar-refractivity contribution in [2.75, 3.05) is 25.0 Å². The van der Waals surface area contributed by atoms with E-state index in [0.717, 1.165) is 25.2 Å². The Hall–Kier alpha value is -2.82.